The van der Waals surface area contributed by atoms with Crippen LogP contribution in [-0.2, 0) is 9.53 Å². The second kappa shape index (κ2) is 8.48. The van der Waals surface area contributed by atoms with Crippen LogP contribution in [0.4, 0.5) is 0 Å². The van der Waals surface area contributed by atoms with E-state index in [0.717, 1.165) is 51.5 Å². The van der Waals surface area contributed by atoms with Gasteiger partial charge in [-0.3, -0.25) is 4.79 Å². The number of ether oxygens (including phenoxy) is 1. The maximum absolute atomic E-state index is 11.7. The zero-order valence-corrected chi connectivity index (χ0v) is 10.9. The molecule has 1 aliphatic rings. The van der Waals surface area contributed by atoms with Gasteiger partial charge in [-0.25, -0.2) is 0 Å². The van der Waals surface area contributed by atoms with Crippen LogP contribution in [0.1, 0.15) is 51.4 Å². The van der Waals surface area contributed by atoms with Crippen molar-refractivity contribution >= 4 is 5.91 Å². The Morgan fingerprint density at radius 2 is 2.06 bits per heavy atom. The molecule has 1 amide bonds. The van der Waals surface area contributed by atoms with Crippen LogP contribution in [-0.4, -0.2) is 31.7 Å². The normalized spacial score (nSPS) is 23.9. The molecule has 0 saturated heterocycles. The van der Waals surface area contributed by atoms with Gasteiger partial charge >= 0.3 is 0 Å². The fourth-order valence-corrected chi connectivity index (χ4v) is 2.37. The molecule has 1 rings (SSSR count). The van der Waals surface area contributed by atoms with Gasteiger partial charge in [0.2, 0.25) is 5.91 Å². The van der Waals surface area contributed by atoms with Gasteiger partial charge < -0.3 is 15.8 Å². The molecule has 0 heterocycles. The first kappa shape index (κ1) is 14.5. The Labute approximate surface area is 104 Å². The topological polar surface area (TPSA) is 64.3 Å². The summed E-state index contributed by atoms with van der Waals surface area (Å²) in [6.45, 7) is 0.757. The van der Waals surface area contributed by atoms with Crippen molar-refractivity contribution in [2.24, 2.45) is 5.73 Å². The zero-order chi connectivity index (χ0) is 12.5. The van der Waals surface area contributed by atoms with Gasteiger partial charge in [-0.05, 0) is 38.6 Å². The highest BCUT2D eigenvalue weighted by molar-refractivity contribution is 5.76. The number of hydrogen-bond acceptors (Lipinski definition) is 3. The molecule has 0 aromatic heterocycles. The van der Waals surface area contributed by atoms with E-state index in [1.54, 1.807) is 7.11 Å². The minimum absolute atomic E-state index is 0.194. The smallest absolute Gasteiger partial charge is 0.220 e. The highest BCUT2D eigenvalue weighted by Gasteiger charge is 2.25. The molecular weight excluding hydrogens is 216 g/mol. The van der Waals surface area contributed by atoms with Gasteiger partial charge in [0.1, 0.15) is 0 Å². The summed E-state index contributed by atoms with van der Waals surface area (Å²) in [5.41, 5.74) is 5.41. The fourth-order valence-electron chi connectivity index (χ4n) is 2.37. The van der Waals surface area contributed by atoms with E-state index in [9.17, 15) is 4.79 Å². The molecule has 0 spiro atoms. The van der Waals surface area contributed by atoms with Crippen molar-refractivity contribution < 1.29 is 9.53 Å². The molecule has 0 aliphatic heterocycles. The van der Waals surface area contributed by atoms with Crippen molar-refractivity contribution in [2.45, 2.75) is 63.5 Å². The number of carbonyl (C=O) groups excluding carboxylic acids is 1. The molecular formula is C13H26N2O2. The standard InChI is InChI=1S/C13H26N2O2/c1-17-12-8-7-11(10-12)15-13(16)6-4-2-3-5-9-14/h11-12H,2-10,14H2,1H3,(H,15,16). The summed E-state index contributed by atoms with van der Waals surface area (Å²) < 4.78 is 5.29. The lowest BCUT2D eigenvalue weighted by atomic mass is 10.1. The zero-order valence-electron chi connectivity index (χ0n) is 10.9. The van der Waals surface area contributed by atoms with Crippen LogP contribution in [0.15, 0.2) is 0 Å². The van der Waals surface area contributed by atoms with Gasteiger partial charge in [0.05, 0.1) is 6.10 Å². The first-order valence-corrected chi connectivity index (χ1v) is 6.78. The van der Waals surface area contributed by atoms with Gasteiger partial charge in [0.25, 0.3) is 0 Å². The minimum atomic E-state index is 0.194. The molecule has 2 atom stereocenters. The van der Waals surface area contributed by atoms with E-state index in [2.05, 4.69) is 5.32 Å². The first-order chi connectivity index (χ1) is 8.26. The highest BCUT2D eigenvalue weighted by Crippen LogP contribution is 2.21. The average molecular weight is 242 g/mol. The molecule has 1 fully saturated rings. The van der Waals surface area contributed by atoms with Crippen LogP contribution >= 0.6 is 0 Å². The summed E-state index contributed by atoms with van der Waals surface area (Å²) in [6, 6.07) is 0.330. The van der Waals surface area contributed by atoms with Crippen LogP contribution in [0, 0.1) is 0 Å². The van der Waals surface area contributed by atoms with Gasteiger partial charge in [-0.2, -0.15) is 0 Å². The SMILES string of the molecule is COC1CCC(NC(=O)CCCCCCN)C1. The average Bonchev–Trinajstić information content (AvgIpc) is 2.76. The Kier molecular flexibility index (Phi) is 7.21. The summed E-state index contributed by atoms with van der Waals surface area (Å²) >= 11 is 0. The van der Waals surface area contributed by atoms with E-state index >= 15 is 0 Å². The van der Waals surface area contributed by atoms with Crippen molar-refractivity contribution in [3.05, 3.63) is 0 Å². The quantitative estimate of drug-likeness (QED) is 0.635. The van der Waals surface area contributed by atoms with E-state index in [0.29, 0.717) is 18.6 Å². The number of nitrogens with one attached hydrogen (secondary N) is 1. The van der Waals surface area contributed by atoms with E-state index < -0.39 is 0 Å². The Balaban J connectivity index is 2.01. The van der Waals surface area contributed by atoms with Crippen LogP contribution < -0.4 is 11.1 Å². The number of nitrogens with two attached hydrogens (primary N) is 1. The monoisotopic (exact) mass is 242 g/mol. The van der Waals surface area contributed by atoms with Crippen molar-refractivity contribution in [1.82, 2.24) is 5.32 Å². The molecule has 0 aromatic rings. The van der Waals surface area contributed by atoms with Gasteiger partial charge in [-0.1, -0.05) is 12.8 Å². The lowest BCUT2D eigenvalue weighted by Crippen LogP contribution is -2.33. The van der Waals surface area contributed by atoms with Crippen LogP contribution in [0.3, 0.4) is 0 Å². The fraction of sp³-hybridized carbons (Fsp3) is 0.923. The van der Waals surface area contributed by atoms with Crippen LogP contribution in [0.25, 0.3) is 0 Å². The summed E-state index contributed by atoms with van der Waals surface area (Å²) in [5.74, 6) is 0.194. The Bertz CT molecular complexity index is 221. The molecule has 4 heteroatoms. The largest absolute Gasteiger partial charge is 0.381 e. The maximum Gasteiger partial charge on any atom is 0.220 e. The van der Waals surface area contributed by atoms with E-state index in [-0.39, 0.29) is 5.91 Å². The maximum atomic E-state index is 11.7. The summed E-state index contributed by atoms with van der Waals surface area (Å²) in [6.07, 6.45) is 8.37. The molecule has 0 radical (unpaired) electrons. The number of carbonyl (C=O) groups is 1. The molecule has 2 unspecified atom stereocenters. The third kappa shape index (κ3) is 6.03. The van der Waals surface area contributed by atoms with Crippen LogP contribution in [0.5, 0.6) is 0 Å². The van der Waals surface area contributed by atoms with Crippen LogP contribution in [0.2, 0.25) is 0 Å². The Morgan fingerprint density at radius 3 is 2.71 bits per heavy atom. The molecule has 1 aliphatic carbocycles. The van der Waals surface area contributed by atoms with E-state index in [1.165, 1.54) is 0 Å². The Hall–Kier alpha value is -0.610. The molecule has 1 saturated carbocycles. The van der Waals surface area contributed by atoms with Crippen molar-refractivity contribution in [3.8, 4) is 0 Å². The van der Waals surface area contributed by atoms with Crippen molar-refractivity contribution in [1.29, 1.82) is 0 Å². The summed E-state index contributed by atoms with van der Waals surface area (Å²) in [4.78, 5) is 11.7. The van der Waals surface area contributed by atoms with Crippen molar-refractivity contribution in [2.75, 3.05) is 13.7 Å². The number of amides is 1. The molecule has 0 aromatic carbocycles. The molecule has 4 nitrogen and oxygen atoms in total. The van der Waals surface area contributed by atoms with Crippen molar-refractivity contribution in [3.63, 3.8) is 0 Å². The third-order valence-electron chi connectivity index (χ3n) is 3.44. The molecule has 100 valence electrons. The first-order valence-electron chi connectivity index (χ1n) is 6.78. The summed E-state index contributed by atoms with van der Waals surface area (Å²) in [5, 5.41) is 3.09. The molecule has 0 bridgehead atoms. The highest BCUT2D eigenvalue weighted by atomic mass is 16.5. The second-order valence-corrected chi connectivity index (χ2v) is 4.89. The number of methoxy groups -OCH3 is 1. The predicted molar refractivity (Wildman–Crippen MR) is 68.7 cm³/mol. The number of unbranched alkanes of at least 4 members (excludes halogenated alkanes) is 3. The van der Waals surface area contributed by atoms with E-state index in [4.69, 9.17) is 10.5 Å². The van der Waals surface area contributed by atoms with Gasteiger partial charge in [0, 0.05) is 19.6 Å². The molecule has 17 heavy (non-hydrogen) atoms. The number of hydrogen-bond donors (Lipinski definition) is 2. The Morgan fingerprint density at radius 1 is 1.29 bits per heavy atom. The molecule has 3 N–H and O–H groups in total. The lowest BCUT2D eigenvalue weighted by Gasteiger charge is -2.12. The lowest BCUT2D eigenvalue weighted by molar-refractivity contribution is -0.121. The summed E-state index contributed by atoms with van der Waals surface area (Å²) in [7, 11) is 1.74. The van der Waals surface area contributed by atoms with E-state index in [1.807, 2.05) is 0 Å². The third-order valence-corrected chi connectivity index (χ3v) is 3.44. The predicted octanol–water partition coefficient (Wildman–Crippen LogP) is 1.58. The van der Waals surface area contributed by atoms with Gasteiger partial charge in [0.15, 0.2) is 0 Å². The second-order valence-electron chi connectivity index (χ2n) is 4.89. The van der Waals surface area contributed by atoms with Gasteiger partial charge in [-0.15, -0.1) is 0 Å². The minimum Gasteiger partial charge on any atom is -0.381 e. The number of rotatable bonds is 8.